The lowest BCUT2D eigenvalue weighted by molar-refractivity contribution is -0.131. The lowest BCUT2D eigenvalue weighted by atomic mass is 9.64. The molecule has 0 saturated heterocycles. The molecule has 4 atom stereocenters. The molecule has 0 aromatic heterocycles. The molecule has 3 nitrogen and oxygen atoms in total. The van der Waals surface area contributed by atoms with Crippen LogP contribution in [-0.4, -0.2) is 29.2 Å². The van der Waals surface area contributed by atoms with Crippen molar-refractivity contribution in [3.63, 3.8) is 0 Å². The quantitative estimate of drug-likeness (QED) is 0.841. The van der Waals surface area contributed by atoms with E-state index in [-0.39, 0.29) is 17.4 Å². The van der Waals surface area contributed by atoms with Crippen LogP contribution in [0.1, 0.15) is 66.2 Å². The fourth-order valence-corrected chi connectivity index (χ4v) is 4.35. The highest BCUT2D eigenvalue weighted by Crippen LogP contribution is 2.55. The van der Waals surface area contributed by atoms with Crippen molar-refractivity contribution in [3.8, 4) is 0 Å². The Bertz CT molecular complexity index is 358. The molecule has 2 saturated carbocycles. The van der Waals surface area contributed by atoms with Gasteiger partial charge >= 0.3 is 0 Å². The molecule has 0 aromatic rings. The van der Waals surface area contributed by atoms with E-state index in [9.17, 15) is 9.90 Å². The maximum Gasteiger partial charge on any atom is 0.136 e. The van der Waals surface area contributed by atoms with E-state index in [0.717, 1.165) is 32.1 Å². The summed E-state index contributed by atoms with van der Waals surface area (Å²) in [6, 6.07) is 0. The number of rotatable bonds is 5. The standard InChI is InChI=1S/C17H30O3/c1-12(20-11-10-16(2,3)19)13-7-8-14-15(18)6-5-9-17(13,14)4/h12-14,19H,5-11H2,1-4H3. The van der Waals surface area contributed by atoms with Gasteiger partial charge in [0.05, 0.1) is 11.7 Å². The van der Waals surface area contributed by atoms with Gasteiger partial charge in [-0.3, -0.25) is 4.79 Å². The molecule has 1 N–H and O–H groups in total. The highest BCUT2D eigenvalue weighted by Gasteiger charge is 2.52. The summed E-state index contributed by atoms with van der Waals surface area (Å²) in [5.74, 6) is 1.23. The van der Waals surface area contributed by atoms with Gasteiger partial charge < -0.3 is 9.84 Å². The first-order valence-electron chi connectivity index (χ1n) is 8.11. The fourth-order valence-electron chi connectivity index (χ4n) is 4.35. The van der Waals surface area contributed by atoms with Gasteiger partial charge in [-0.1, -0.05) is 6.92 Å². The van der Waals surface area contributed by atoms with Gasteiger partial charge in [-0.05, 0) is 64.2 Å². The van der Waals surface area contributed by atoms with Crippen molar-refractivity contribution in [2.24, 2.45) is 17.3 Å². The fraction of sp³-hybridized carbons (Fsp3) is 0.941. The molecule has 0 aliphatic heterocycles. The Morgan fingerprint density at radius 1 is 1.45 bits per heavy atom. The van der Waals surface area contributed by atoms with E-state index in [0.29, 0.717) is 24.7 Å². The highest BCUT2D eigenvalue weighted by molar-refractivity contribution is 5.83. The normalized spacial score (nSPS) is 36.0. The van der Waals surface area contributed by atoms with Crippen molar-refractivity contribution in [1.29, 1.82) is 0 Å². The number of hydrogen-bond acceptors (Lipinski definition) is 3. The molecule has 0 heterocycles. The minimum absolute atomic E-state index is 0.142. The second kappa shape index (κ2) is 5.76. The average molecular weight is 282 g/mol. The number of hydrogen-bond donors (Lipinski definition) is 1. The van der Waals surface area contributed by atoms with Gasteiger partial charge in [-0.25, -0.2) is 0 Å². The monoisotopic (exact) mass is 282 g/mol. The van der Waals surface area contributed by atoms with Gasteiger partial charge in [-0.2, -0.15) is 0 Å². The topological polar surface area (TPSA) is 46.5 Å². The molecule has 2 rings (SSSR count). The summed E-state index contributed by atoms with van der Waals surface area (Å²) < 4.78 is 5.98. The Hall–Kier alpha value is -0.410. The molecule has 0 bridgehead atoms. The van der Waals surface area contributed by atoms with Crippen molar-refractivity contribution >= 4 is 5.78 Å². The van der Waals surface area contributed by atoms with Crippen LogP contribution >= 0.6 is 0 Å². The second-order valence-corrected chi connectivity index (χ2v) is 7.70. The molecule has 4 unspecified atom stereocenters. The molecule has 0 radical (unpaired) electrons. The minimum Gasteiger partial charge on any atom is -0.390 e. The largest absolute Gasteiger partial charge is 0.390 e. The molecular weight excluding hydrogens is 252 g/mol. The van der Waals surface area contributed by atoms with Crippen LogP contribution in [0.4, 0.5) is 0 Å². The Labute approximate surface area is 123 Å². The third-order valence-corrected chi connectivity index (χ3v) is 5.60. The van der Waals surface area contributed by atoms with Gasteiger partial charge in [0.25, 0.3) is 0 Å². The van der Waals surface area contributed by atoms with Crippen LogP contribution in [0.15, 0.2) is 0 Å². The number of fused-ring (bicyclic) bond motifs is 1. The molecular formula is C17H30O3. The minimum atomic E-state index is -0.664. The van der Waals surface area contributed by atoms with Crippen LogP contribution in [0.5, 0.6) is 0 Å². The third kappa shape index (κ3) is 3.25. The summed E-state index contributed by atoms with van der Waals surface area (Å²) in [6.45, 7) is 8.65. The van der Waals surface area contributed by atoms with Gasteiger partial charge in [0.15, 0.2) is 0 Å². The number of carbonyl (C=O) groups is 1. The second-order valence-electron chi connectivity index (χ2n) is 7.70. The summed E-state index contributed by atoms with van der Waals surface area (Å²) in [4.78, 5) is 12.1. The number of carbonyl (C=O) groups excluding carboxylic acids is 1. The van der Waals surface area contributed by atoms with Crippen molar-refractivity contribution < 1.29 is 14.6 Å². The molecule has 0 aromatic carbocycles. The van der Waals surface area contributed by atoms with E-state index in [2.05, 4.69) is 13.8 Å². The Balaban J connectivity index is 1.93. The van der Waals surface area contributed by atoms with E-state index in [1.807, 2.05) is 13.8 Å². The predicted molar refractivity (Wildman–Crippen MR) is 79.5 cm³/mol. The van der Waals surface area contributed by atoms with E-state index in [1.165, 1.54) is 0 Å². The summed E-state index contributed by atoms with van der Waals surface area (Å²) >= 11 is 0. The van der Waals surface area contributed by atoms with Crippen LogP contribution in [0.3, 0.4) is 0 Å². The maximum atomic E-state index is 12.1. The average Bonchev–Trinajstić information content (AvgIpc) is 2.66. The predicted octanol–water partition coefficient (Wildman–Crippen LogP) is 3.34. The van der Waals surface area contributed by atoms with Gasteiger partial charge in [0, 0.05) is 18.9 Å². The number of Topliss-reactive ketones (excluding diaryl/α,β-unsaturated/α-hetero) is 1. The smallest absolute Gasteiger partial charge is 0.136 e. The Kier molecular flexibility index (Phi) is 4.60. The number of aliphatic hydroxyl groups is 1. The molecule has 2 aliphatic rings. The zero-order valence-electron chi connectivity index (χ0n) is 13.4. The lowest BCUT2D eigenvalue weighted by Crippen LogP contribution is -2.41. The number of ether oxygens (including phenoxy) is 1. The van der Waals surface area contributed by atoms with E-state index >= 15 is 0 Å². The third-order valence-electron chi connectivity index (χ3n) is 5.60. The lowest BCUT2D eigenvalue weighted by Gasteiger charge is -2.42. The molecule has 0 amide bonds. The summed E-state index contributed by atoms with van der Waals surface area (Å²) in [5.41, 5.74) is -0.522. The molecule has 2 fully saturated rings. The van der Waals surface area contributed by atoms with Gasteiger partial charge in [-0.15, -0.1) is 0 Å². The van der Waals surface area contributed by atoms with Gasteiger partial charge in [0.1, 0.15) is 5.78 Å². The molecule has 2 aliphatic carbocycles. The van der Waals surface area contributed by atoms with Crippen LogP contribution in [0.2, 0.25) is 0 Å². The molecule has 20 heavy (non-hydrogen) atoms. The first kappa shape index (κ1) is 16.0. The van der Waals surface area contributed by atoms with E-state index in [1.54, 1.807) is 0 Å². The first-order chi connectivity index (χ1) is 9.24. The Morgan fingerprint density at radius 2 is 2.15 bits per heavy atom. The first-order valence-corrected chi connectivity index (χ1v) is 8.11. The SMILES string of the molecule is CC(OCCC(C)(C)O)C1CCC2C(=O)CCCC21C. The van der Waals surface area contributed by atoms with Crippen LogP contribution in [-0.2, 0) is 9.53 Å². The summed E-state index contributed by atoms with van der Waals surface area (Å²) in [5, 5.41) is 9.74. The van der Waals surface area contributed by atoms with Crippen molar-refractivity contribution in [2.45, 2.75) is 77.9 Å². The van der Waals surface area contributed by atoms with E-state index < -0.39 is 5.60 Å². The highest BCUT2D eigenvalue weighted by atomic mass is 16.5. The molecule has 116 valence electrons. The number of ketones is 1. The zero-order valence-corrected chi connectivity index (χ0v) is 13.4. The Morgan fingerprint density at radius 3 is 2.80 bits per heavy atom. The van der Waals surface area contributed by atoms with Crippen LogP contribution in [0, 0.1) is 17.3 Å². The van der Waals surface area contributed by atoms with Crippen LogP contribution in [0.25, 0.3) is 0 Å². The maximum absolute atomic E-state index is 12.1. The van der Waals surface area contributed by atoms with Crippen LogP contribution < -0.4 is 0 Å². The van der Waals surface area contributed by atoms with Crippen molar-refractivity contribution in [1.82, 2.24) is 0 Å². The zero-order chi connectivity index (χ0) is 15.0. The summed E-state index contributed by atoms with van der Waals surface area (Å²) in [7, 11) is 0. The van der Waals surface area contributed by atoms with Crippen molar-refractivity contribution in [3.05, 3.63) is 0 Å². The molecule has 3 heteroatoms. The van der Waals surface area contributed by atoms with Gasteiger partial charge in [0.2, 0.25) is 0 Å². The van der Waals surface area contributed by atoms with E-state index in [4.69, 9.17) is 4.74 Å². The molecule has 0 spiro atoms. The summed E-state index contributed by atoms with van der Waals surface area (Å²) in [6.07, 6.45) is 5.96. The van der Waals surface area contributed by atoms with Crippen molar-refractivity contribution in [2.75, 3.05) is 6.61 Å².